The minimum Gasteiger partial charge on any atom is -0.464 e. The van der Waals surface area contributed by atoms with Gasteiger partial charge in [-0.15, -0.1) is 11.3 Å². The molecule has 2 aromatic heterocycles. The zero-order chi connectivity index (χ0) is 56.7. The van der Waals surface area contributed by atoms with Crippen LogP contribution in [0.2, 0.25) is 0 Å². The number of nitrogens with zero attached hydrogens (tertiary/aromatic N) is 8. The van der Waals surface area contributed by atoms with Crippen molar-refractivity contribution in [2.75, 3.05) is 85.8 Å². The quantitative estimate of drug-likeness (QED) is 0.167. The molecule has 9 aliphatic rings. The second kappa shape index (κ2) is 22.3. The van der Waals surface area contributed by atoms with Gasteiger partial charge in [-0.3, -0.25) is 49.2 Å². The summed E-state index contributed by atoms with van der Waals surface area (Å²) >= 11 is 1.35. The van der Waals surface area contributed by atoms with Crippen LogP contribution in [-0.4, -0.2) is 204 Å². The van der Waals surface area contributed by atoms with Crippen LogP contribution in [0.15, 0.2) is 34.3 Å². The van der Waals surface area contributed by atoms with Gasteiger partial charge in [-0.1, -0.05) is 33.8 Å². The van der Waals surface area contributed by atoms with E-state index >= 15 is 13.2 Å². The smallest absolute Gasteiger partial charge is 0.406 e. The highest BCUT2D eigenvalue weighted by molar-refractivity contribution is 7.10. The maximum Gasteiger partial charge on any atom is 0.406 e. The molecule has 9 atom stereocenters. The minimum atomic E-state index is -4.60. The predicted octanol–water partition coefficient (Wildman–Crippen LogP) is 5.28. The van der Waals surface area contributed by atoms with Crippen molar-refractivity contribution in [1.82, 2.24) is 50.2 Å². The molecule has 1 aliphatic carbocycles. The Balaban J connectivity index is 0.873. The van der Waals surface area contributed by atoms with Gasteiger partial charge in [0.05, 0.1) is 54.1 Å². The molecule has 0 unspecified atom stereocenters. The normalized spacial score (nSPS) is 30.5. The fourth-order valence-electron chi connectivity index (χ4n) is 14.4. The highest BCUT2D eigenvalue weighted by atomic mass is 32.1. The van der Waals surface area contributed by atoms with Crippen LogP contribution in [0.5, 0.6) is 0 Å². The van der Waals surface area contributed by atoms with Crippen molar-refractivity contribution in [3.8, 4) is 11.3 Å². The number of methoxy groups -OCH3 is 1. The number of thiazole rings is 1. The van der Waals surface area contributed by atoms with Gasteiger partial charge in [0.1, 0.15) is 24.7 Å². The van der Waals surface area contributed by atoms with Gasteiger partial charge in [-0.05, 0) is 94.4 Å². The summed E-state index contributed by atoms with van der Waals surface area (Å²) in [7, 11) is 1.58. The zero-order valence-electron chi connectivity index (χ0n) is 47.7. The van der Waals surface area contributed by atoms with E-state index in [4.69, 9.17) is 24.2 Å². The largest absolute Gasteiger partial charge is 0.464 e. The molecule has 3 amide bonds. The highest BCUT2D eigenvalue weighted by Gasteiger charge is 2.55. The lowest BCUT2D eigenvalue weighted by atomic mass is 9.83. The highest BCUT2D eigenvalue weighted by Crippen LogP contribution is 2.46. The molecule has 1 saturated carbocycles. The third kappa shape index (κ3) is 11.7. The van der Waals surface area contributed by atoms with E-state index in [2.05, 4.69) is 30.8 Å². The van der Waals surface area contributed by atoms with Crippen LogP contribution >= 0.6 is 11.3 Å². The first-order valence-corrected chi connectivity index (χ1v) is 30.5. The molecule has 3 aromatic rings. The van der Waals surface area contributed by atoms with Gasteiger partial charge >= 0.3 is 12.1 Å². The van der Waals surface area contributed by atoms with Gasteiger partial charge in [-0.25, -0.2) is 10.4 Å². The predicted molar refractivity (Wildman–Crippen MR) is 301 cm³/mol. The standard InChI is InChI=1S/C59H80F3N11O7S/c1-34(2)51(70-16-13-58(30-70)14-17-71(31-58)55(76)50-49(66-50)36-9-10-36)53(74)65-44-24-47-64-45(29-81-47)37-11-12-46-40(22-37)42(25-57(4,5)33-80-56(77)43-8-7-15-73(67-43)54(44)75)52(72(46)32-59(60,61)62)41-23-38(26-63-48(41)35(3)78-6)69-19-18-68-20-21-79-28-39(68)27-69/h11-12,22,26,29,34-36,38-39,43-44,49-51,66-67H,7-10,13-21,23-25,27-28,30-33H2,1-6H3,(H,65,74)/t35-,38+,39-,43-,44-,49+,50+,51-,58-/m0/s1. The number of alkyl halides is 3. The Morgan fingerprint density at radius 3 is 2.58 bits per heavy atom. The number of aromatic nitrogens is 2. The maximum absolute atomic E-state index is 15.2. The number of esters is 1. The van der Waals surface area contributed by atoms with Gasteiger partial charge in [0.2, 0.25) is 11.8 Å². The van der Waals surface area contributed by atoms with E-state index in [1.165, 1.54) is 33.8 Å². The van der Waals surface area contributed by atoms with Crippen molar-refractivity contribution in [2.24, 2.45) is 27.7 Å². The van der Waals surface area contributed by atoms with E-state index in [-0.39, 0.29) is 60.7 Å². The number of ether oxygens (including phenoxy) is 3. The first kappa shape index (κ1) is 56.7. The maximum atomic E-state index is 15.2. The van der Waals surface area contributed by atoms with Crippen molar-refractivity contribution in [3.63, 3.8) is 0 Å². The van der Waals surface area contributed by atoms with Crippen molar-refractivity contribution in [1.29, 1.82) is 0 Å². The molecule has 10 heterocycles. The molecule has 81 heavy (non-hydrogen) atoms. The number of piperazine rings is 1. The minimum absolute atomic E-state index is 0.0539. The van der Waals surface area contributed by atoms with Crippen LogP contribution < -0.4 is 16.1 Å². The molecule has 18 nitrogen and oxygen atoms in total. The lowest BCUT2D eigenvalue weighted by molar-refractivity contribution is -0.155. The lowest BCUT2D eigenvalue weighted by Crippen LogP contribution is -2.62. The second-order valence-electron chi connectivity index (χ2n) is 25.9. The number of amides is 3. The molecule has 22 heteroatoms. The van der Waals surface area contributed by atoms with E-state index in [9.17, 15) is 19.2 Å². The summed E-state index contributed by atoms with van der Waals surface area (Å²) in [5.74, 6) is -0.509. The summed E-state index contributed by atoms with van der Waals surface area (Å²) in [5.41, 5.74) is 6.29. The van der Waals surface area contributed by atoms with Gasteiger partial charge < -0.3 is 29.0 Å². The van der Waals surface area contributed by atoms with Gasteiger partial charge in [0.15, 0.2) is 0 Å². The van der Waals surface area contributed by atoms with Crippen LogP contribution in [0.4, 0.5) is 13.2 Å². The van der Waals surface area contributed by atoms with E-state index in [1.54, 1.807) is 19.2 Å². The molecule has 7 fully saturated rings. The summed E-state index contributed by atoms with van der Waals surface area (Å²) in [5, 5.41) is 11.1. The number of carbonyl (C=O) groups excluding carboxylic acids is 4. The summed E-state index contributed by atoms with van der Waals surface area (Å²) in [6.45, 7) is 16.1. The van der Waals surface area contributed by atoms with Crippen LogP contribution in [0.3, 0.4) is 0 Å². The third-order valence-electron chi connectivity index (χ3n) is 18.9. The molecule has 8 aliphatic heterocycles. The lowest BCUT2D eigenvalue weighted by Gasteiger charge is -2.46. The van der Waals surface area contributed by atoms with Crippen molar-refractivity contribution < 1.29 is 46.6 Å². The molecule has 1 spiro atoms. The van der Waals surface area contributed by atoms with E-state index < -0.39 is 54.2 Å². The summed E-state index contributed by atoms with van der Waals surface area (Å²) in [6, 6.07) is 3.24. The average Bonchev–Trinajstić information content (AvgIpc) is 4.43. The topological polar surface area (TPSA) is 188 Å². The molecule has 6 saturated heterocycles. The molecule has 1 aromatic carbocycles. The Kier molecular flexibility index (Phi) is 15.6. The number of fused-ring (bicyclic) bond motifs is 7. The number of hydrazine groups is 1. The van der Waals surface area contributed by atoms with Crippen LogP contribution in [0, 0.1) is 22.7 Å². The fraction of sp³-hybridized carbons (Fsp3) is 0.695. The Morgan fingerprint density at radius 1 is 1.00 bits per heavy atom. The van der Waals surface area contributed by atoms with Crippen molar-refractivity contribution >= 4 is 57.7 Å². The molecular weight excluding hydrogens is 1060 g/mol. The first-order valence-electron chi connectivity index (χ1n) is 29.6. The monoisotopic (exact) mass is 1140 g/mol. The van der Waals surface area contributed by atoms with E-state index in [0.717, 1.165) is 39.0 Å². The van der Waals surface area contributed by atoms with Crippen molar-refractivity contribution in [3.05, 3.63) is 45.5 Å². The molecule has 3 N–H and O–H groups in total. The number of likely N-dealkylation sites (tertiary alicyclic amines) is 2. The van der Waals surface area contributed by atoms with E-state index in [0.29, 0.717) is 127 Å². The number of rotatable bonds is 11. The molecular formula is C59H80F3N11O7S. The first-order chi connectivity index (χ1) is 38.7. The number of halogens is 3. The Labute approximate surface area is 476 Å². The Bertz CT molecular complexity index is 2980. The van der Waals surface area contributed by atoms with Crippen molar-refractivity contribution in [2.45, 2.75) is 154 Å². The number of benzene rings is 1. The van der Waals surface area contributed by atoms with Crippen LogP contribution in [-0.2, 0) is 52.8 Å². The molecule has 0 radical (unpaired) electrons. The van der Waals surface area contributed by atoms with E-state index in [1.807, 2.05) is 57.2 Å². The number of aliphatic imine (C=N–C) groups is 1. The molecule has 440 valence electrons. The molecule has 6 bridgehead atoms. The zero-order valence-corrected chi connectivity index (χ0v) is 48.5. The number of nitrogens with one attached hydrogen (secondary N) is 3. The summed E-state index contributed by atoms with van der Waals surface area (Å²) < 4.78 is 65.0. The van der Waals surface area contributed by atoms with Gasteiger partial charge in [0.25, 0.3) is 5.91 Å². The SMILES string of the molecule is CO[C@@H](C)C1=C(c2c3c4cc(ccc4n2CC(F)(F)F)-c2csc(n2)C[C@H](NC(=O)[C@H](C(C)C)N2CC[C@]4(CCN(C(=O)[C@@H]5N[C@@H]5C5CC5)C4)C2)C(=O)N2CCC[C@H](N2)C(=O)OCC(C)(C)C3)C[C@@H](N2CCN3CCOC[C@@H]3C2)C=N1. The average molecular weight is 1140 g/mol. The Hall–Kier alpha value is -4.81. The Morgan fingerprint density at radius 2 is 1.80 bits per heavy atom. The summed E-state index contributed by atoms with van der Waals surface area (Å²) in [6.07, 6.45) is 2.51. The third-order valence-corrected chi connectivity index (χ3v) is 19.8. The molecule has 12 rings (SSSR count). The van der Waals surface area contributed by atoms with Gasteiger partial charge in [0, 0.05) is 128 Å². The number of morpholine rings is 1. The summed E-state index contributed by atoms with van der Waals surface area (Å²) in [4.78, 5) is 76.8. The number of cyclic esters (lactones) is 1. The number of hydrogen-bond acceptors (Lipinski definition) is 15. The number of hydrogen-bond donors (Lipinski definition) is 3. The van der Waals surface area contributed by atoms with Crippen LogP contribution in [0.25, 0.3) is 27.7 Å². The fourth-order valence-corrected chi connectivity index (χ4v) is 15.2. The second-order valence-corrected chi connectivity index (χ2v) is 26.8. The number of carbonyl (C=O) groups is 4. The van der Waals surface area contributed by atoms with Crippen LogP contribution in [0.1, 0.15) is 95.8 Å². The van der Waals surface area contributed by atoms with Gasteiger partial charge in [-0.2, -0.15) is 13.2 Å².